The molecule has 2 aromatic carbocycles. The van der Waals surface area contributed by atoms with Crippen LogP contribution in [0.1, 0.15) is 5.56 Å². The number of aryl methyl sites for hydroxylation is 1. The Morgan fingerprint density at radius 3 is 2.56 bits per heavy atom. The fourth-order valence-corrected chi connectivity index (χ4v) is 1.59. The van der Waals surface area contributed by atoms with Crippen molar-refractivity contribution < 1.29 is 9.66 Å². The summed E-state index contributed by atoms with van der Waals surface area (Å²) in [6.07, 6.45) is 0. The van der Waals surface area contributed by atoms with Gasteiger partial charge in [0, 0.05) is 11.1 Å². The van der Waals surface area contributed by atoms with Gasteiger partial charge >= 0.3 is 0 Å². The van der Waals surface area contributed by atoms with Gasteiger partial charge in [-0.3, -0.25) is 10.1 Å². The molecule has 0 amide bonds. The molecule has 4 nitrogen and oxygen atoms in total. The van der Waals surface area contributed by atoms with Crippen molar-refractivity contribution in [2.45, 2.75) is 6.92 Å². The maximum atomic E-state index is 10.6. The van der Waals surface area contributed by atoms with E-state index >= 15 is 0 Å². The summed E-state index contributed by atoms with van der Waals surface area (Å²) in [6, 6.07) is 11.3. The minimum Gasteiger partial charge on any atom is -0.457 e. The number of benzene rings is 2. The predicted molar refractivity (Wildman–Crippen MR) is 69.4 cm³/mol. The Morgan fingerprint density at radius 2 is 1.89 bits per heavy atom. The quantitative estimate of drug-likeness (QED) is 0.611. The average molecular weight is 264 g/mol. The van der Waals surface area contributed by atoms with Gasteiger partial charge in [-0.15, -0.1) is 0 Å². The number of non-ortho nitro benzene ring substituents is 1. The van der Waals surface area contributed by atoms with Crippen LogP contribution in [-0.2, 0) is 0 Å². The van der Waals surface area contributed by atoms with Crippen LogP contribution >= 0.6 is 11.6 Å². The van der Waals surface area contributed by atoms with Gasteiger partial charge in [0.1, 0.15) is 11.5 Å². The molecular weight excluding hydrogens is 254 g/mol. The molecule has 0 fully saturated rings. The number of rotatable bonds is 3. The van der Waals surface area contributed by atoms with Crippen molar-refractivity contribution in [1.82, 2.24) is 0 Å². The van der Waals surface area contributed by atoms with Gasteiger partial charge in [-0.2, -0.15) is 0 Å². The van der Waals surface area contributed by atoms with E-state index < -0.39 is 4.92 Å². The SMILES string of the molecule is Cc1cc(Oc2cccc([N+](=O)[O-])c2)ccc1Cl. The Bertz CT molecular complexity index is 599. The molecule has 0 heterocycles. The normalized spacial score (nSPS) is 10.1. The summed E-state index contributed by atoms with van der Waals surface area (Å²) < 4.78 is 5.54. The van der Waals surface area contributed by atoms with Gasteiger partial charge in [0.25, 0.3) is 5.69 Å². The Labute approximate surface area is 109 Å². The van der Waals surface area contributed by atoms with Crippen molar-refractivity contribution in [1.29, 1.82) is 0 Å². The second-order valence-electron chi connectivity index (χ2n) is 3.77. The van der Waals surface area contributed by atoms with E-state index in [4.69, 9.17) is 16.3 Å². The van der Waals surface area contributed by atoms with Crippen molar-refractivity contribution in [3.05, 3.63) is 63.2 Å². The van der Waals surface area contributed by atoms with Crippen LogP contribution in [0, 0.1) is 17.0 Å². The first-order valence-electron chi connectivity index (χ1n) is 5.25. The molecule has 0 bridgehead atoms. The van der Waals surface area contributed by atoms with Gasteiger partial charge < -0.3 is 4.74 Å². The molecule has 0 aliphatic carbocycles. The Kier molecular flexibility index (Phi) is 3.48. The molecule has 0 aromatic heterocycles. The first-order valence-corrected chi connectivity index (χ1v) is 5.62. The van der Waals surface area contributed by atoms with Crippen LogP contribution in [0.3, 0.4) is 0 Å². The highest BCUT2D eigenvalue weighted by molar-refractivity contribution is 6.31. The topological polar surface area (TPSA) is 52.4 Å². The van der Waals surface area contributed by atoms with E-state index in [1.807, 2.05) is 6.92 Å². The minimum atomic E-state index is -0.458. The van der Waals surface area contributed by atoms with Crippen molar-refractivity contribution in [3.8, 4) is 11.5 Å². The molecule has 0 saturated carbocycles. The molecule has 92 valence electrons. The van der Waals surface area contributed by atoms with E-state index in [2.05, 4.69) is 0 Å². The number of nitrogens with zero attached hydrogens (tertiary/aromatic N) is 1. The minimum absolute atomic E-state index is 0.00168. The number of nitro groups is 1. The van der Waals surface area contributed by atoms with Crippen LogP contribution in [0.25, 0.3) is 0 Å². The summed E-state index contributed by atoms with van der Waals surface area (Å²) in [5, 5.41) is 11.3. The molecule has 0 unspecified atom stereocenters. The standard InChI is InChI=1S/C13H10ClNO3/c1-9-7-12(5-6-13(9)14)18-11-4-2-3-10(8-11)15(16)17/h2-8H,1H3. The van der Waals surface area contributed by atoms with Gasteiger partial charge in [-0.05, 0) is 36.8 Å². The average Bonchev–Trinajstić information content (AvgIpc) is 2.34. The lowest BCUT2D eigenvalue weighted by molar-refractivity contribution is -0.384. The van der Waals surface area contributed by atoms with E-state index in [0.717, 1.165) is 5.56 Å². The van der Waals surface area contributed by atoms with Crippen LogP contribution in [0.4, 0.5) is 5.69 Å². The first-order chi connectivity index (χ1) is 8.56. The molecule has 2 rings (SSSR count). The maximum absolute atomic E-state index is 10.6. The zero-order chi connectivity index (χ0) is 13.1. The molecule has 0 atom stereocenters. The molecule has 0 aliphatic rings. The zero-order valence-electron chi connectivity index (χ0n) is 9.59. The molecule has 0 spiro atoms. The monoisotopic (exact) mass is 263 g/mol. The fraction of sp³-hybridized carbons (Fsp3) is 0.0769. The summed E-state index contributed by atoms with van der Waals surface area (Å²) >= 11 is 5.91. The van der Waals surface area contributed by atoms with E-state index in [1.54, 1.807) is 30.3 Å². The zero-order valence-corrected chi connectivity index (χ0v) is 10.3. The van der Waals surface area contributed by atoms with Gasteiger partial charge in [0.15, 0.2) is 0 Å². The summed E-state index contributed by atoms with van der Waals surface area (Å²) in [5.74, 6) is 1.02. The summed E-state index contributed by atoms with van der Waals surface area (Å²) in [6.45, 7) is 1.86. The third kappa shape index (κ3) is 2.78. The van der Waals surface area contributed by atoms with Crippen molar-refractivity contribution in [3.63, 3.8) is 0 Å². The van der Waals surface area contributed by atoms with Gasteiger partial charge in [0.05, 0.1) is 11.0 Å². The van der Waals surface area contributed by atoms with Crippen LogP contribution in [0.2, 0.25) is 5.02 Å². The van der Waals surface area contributed by atoms with E-state index in [0.29, 0.717) is 16.5 Å². The van der Waals surface area contributed by atoms with Crippen molar-refractivity contribution >= 4 is 17.3 Å². The smallest absolute Gasteiger partial charge is 0.273 e. The van der Waals surface area contributed by atoms with Crippen LogP contribution < -0.4 is 4.74 Å². The maximum Gasteiger partial charge on any atom is 0.273 e. The summed E-state index contributed by atoms with van der Waals surface area (Å²) in [7, 11) is 0. The van der Waals surface area contributed by atoms with E-state index in [1.165, 1.54) is 12.1 Å². The Hall–Kier alpha value is -2.07. The van der Waals surface area contributed by atoms with Crippen LogP contribution in [0.5, 0.6) is 11.5 Å². The largest absolute Gasteiger partial charge is 0.457 e. The van der Waals surface area contributed by atoms with Gasteiger partial charge in [0.2, 0.25) is 0 Å². The lowest BCUT2D eigenvalue weighted by atomic mass is 10.2. The Morgan fingerprint density at radius 1 is 1.17 bits per heavy atom. The van der Waals surface area contributed by atoms with Crippen LogP contribution in [0.15, 0.2) is 42.5 Å². The van der Waals surface area contributed by atoms with E-state index in [-0.39, 0.29) is 5.69 Å². The van der Waals surface area contributed by atoms with Crippen molar-refractivity contribution in [2.24, 2.45) is 0 Å². The number of hydrogen-bond acceptors (Lipinski definition) is 3. The highest BCUT2D eigenvalue weighted by Crippen LogP contribution is 2.27. The molecule has 5 heteroatoms. The lowest BCUT2D eigenvalue weighted by Gasteiger charge is -2.07. The highest BCUT2D eigenvalue weighted by atomic mass is 35.5. The molecule has 0 aliphatic heterocycles. The molecule has 0 N–H and O–H groups in total. The molecular formula is C13H10ClNO3. The highest BCUT2D eigenvalue weighted by Gasteiger charge is 2.07. The number of ether oxygens (including phenoxy) is 1. The second kappa shape index (κ2) is 5.06. The molecule has 2 aromatic rings. The first kappa shape index (κ1) is 12.4. The third-order valence-corrected chi connectivity index (χ3v) is 2.82. The molecule has 18 heavy (non-hydrogen) atoms. The number of hydrogen-bond donors (Lipinski definition) is 0. The summed E-state index contributed by atoms with van der Waals surface area (Å²) in [4.78, 5) is 10.2. The fourth-order valence-electron chi connectivity index (χ4n) is 1.48. The van der Waals surface area contributed by atoms with Crippen molar-refractivity contribution in [2.75, 3.05) is 0 Å². The number of halogens is 1. The van der Waals surface area contributed by atoms with Crippen LogP contribution in [-0.4, -0.2) is 4.92 Å². The third-order valence-electron chi connectivity index (χ3n) is 2.39. The Balaban J connectivity index is 2.25. The van der Waals surface area contributed by atoms with Gasteiger partial charge in [-0.25, -0.2) is 0 Å². The second-order valence-corrected chi connectivity index (χ2v) is 4.17. The summed E-state index contributed by atoms with van der Waals surface area (Å²) in [5.41, 5.74) is 0.887. The number of nitro benzene ring substituents is 1. The van der Waals surface area contributed by atoms with E-state index in [9.17, 15) is 10.1 Å². The predicted octanol–water partition coefficient (Wildman–Crippen LogP) is 4.35. The van der Waals surface area contributed by atoms with Gasteiger partial charge in [-0.1, -0.05) is 17.7 Å². The molecule has 0 radical (unpaired) electrons. The lowest BCUT2D eigenvalue weighted by Crippen LogP contribution is -1.89. The molecule has 0 saturated heterocycles.